The third-order valence-corrected chi connectivity index (χ3v) is 3.27. The van der Waals surface area contributed by atoms with Crippen molar-refractivity contribution in [1.82, 2.24) is 0 Å². The van der Waals surface area contributed by atoms with E-state index >= 15 is 0 Å². The van der Waals surface area contributed by atoms with E-state index in [0.717, 1.165) is 25.7 Å². The van der Waals surface area contributed by atoms with E-state index in [1.54, 1.807) is 0 Å². The second-order valence-corrected chi connectivity index (χ2v) is 5.21. The first-order valence-electron chi connectivity index (χ1n) is 7.95. The summed E-state index contributed by atoms with van der Waals surface area (Å²) in [6, 6.07) is 0. The monoisotopic (exact) mass is 252 g/mol. The van der Waals surface area contributed by atoms with E-state index < -0.39 is 0 Å². The highest BCUT2D eigenvalue weighted by atomic mass is 16.3. The van der Waals surface area contributed by atoms with Crippen molar-refractivity contribution in [1.29, 1.82) is 0 Å². The Morgan fingerprint density at radius 1 is 0.722 bits per heavy atom. The van der Waals surface area contributed by atoms with Gasteiger partial charge in [-0.05, 0) is 19.3 Å². The molecule has 1 unspecified atom stereocenters. The normalized spacial score (nSPS) is 11.9. The first kappa shape index (κ1) is 17.5. The maximum Gasteiger partial charge on any atom is 0.0549 e. The summed E-state index contributed by atoms with van der Waals surface area (Å²) in [5, 5.41) is 9.78. The fraction of sp³-hybridized carbons (Fsp3) is 0.882. The van der Waals surface area contributed by atoms with Gasteiger partial charge in [-0.1, -0.05) is 58.8 Å². The van der Waals surface area contributed by atoms with E-state index in [1.807, 2.05) is 0 Å². The lowest BCUT2D eigenvalue weighted by atomic mass is 10.0. The highest BCUT2D eigenvalue weighted by molar-refractivity contribution is 4.98. The fourth-order valence-corrected chi connectivity index (χ4v) is 2.01. The van der Waals surface area contributed by atoms with Crippen molar-refractivity contribution in [2.24, 2.45) is 0 Å². The van der Waals surface area contributed by atoms with Gasteiger partial charge in [-0.25, -0.2) is 0 Å². The summed E-state index contributed by atoms with van der Waals surface area (Å²) in [6.45, 7) is 4.44. The summed E-state index contributed by atoms with van der Waals surface area (Å²) in [6.07, 6.45) is 13.7. The number of hydrogen-bond acceptors (Lipinski definition) is 1. The van der Waals surface area contributed by atoms with Gasteiger partial charge in [-0.3, -0.25) is 0 Å². The van der Waals surface area contributed by atoms with Crippen molar-refractivity contribution >= 4 is 0 Å². The summed E-state index contributed by atoms with van der Waals surface area (Å²) in [7, 11) is 0. The van der Waals surface area contributed by atoms with Crippen LogP contribution in [0.5, 0.6) is 0 Å². The lowest BCUT2D eigenvalue weighted by molar-refractivity contribution is 0.152. The van der Waals surface area contributed by atoms with Crippen LogP contribution in [0.3, 0.4) is 0 Å². The van der Waals surface area contributed by atoms with Gasteiger partial charge in [-0.15, -0.1) is 11.8 Å². The van der Waals surface area contributed by atoms with Crippen LogP contribution >= 0.6 is 0 Å². The number of hydrogen-bond donors (Lipinski definition) is 1. The minimum Gasteiger partial charge on any atom is -0.393 e. The summed E-state index contributed by atoms with van der Waals surface area (Å²) in [5.74, 6) is 6.37. The molecule has 1 heteroatoms. The molecule has 1 atom stereocenters. The zero-order valence-electron chi connectivity index (χ0n) is 12.5. The SMILES string of the molecule is CCCCCC#CCCC(O)CCCCCCC. The van der Waals surface area contributed by atoms with Crippen molar-refractivity contribution in [3.63, 3.8) is 0 Å². The van der Waals surface area contributed by atoms with Crippen LogP contribution in [-0.4, -0.2) is 11.2 Å². The molecule has 0 amide bonds. The standard InChI is InChI=1S/C17H32O/c1-3-5-7-9-10-12-14-16-17(18)15-13-11-8-6-4-2/h17-18H,3-9,11,13-16H2,1-2H3. The molecule has 0 rings (SSSR count). The average molecular weight is 252 g/mol. The molecule has 0 aromatic rings. The molecule has 0 aliphatic carbocycles. The molecule has 0 bridgehead atoms. The molecular weight excluding hydrogens is 220 g/mol. The average Bonchev–Trinajstić information content (AvgIpc) is 2.37. The van der Waals surface area contributed by atoms with Crippen LogP contribution in [0.4, 0.5) is 0 Å². The topological polar surface area (TPSA) is 20.2 Å². The molecule has 1 N–H and O–H groups in total. The molecule has 0 aliphatic rings. The van der Waals surface area contributed by atoms with Gasteiger partial charge in [-0.2, -0.15) is 0 Å². The Kier molecular flexibility index (Phi) is 14.2. The third-order valence-electron chi connectivity index (χ3n) is 3.27. The molecule has 1 nitrogen and oxygen atoms in total. The number of aliphatic hydroxyl groups is 1. The van der Waals surface area contributed by atoms with Gasteiger partial charge in [0, 0.05) is 12.8 Å². The summed E-state index contributed by atoms with van der Waals surface area (Å²) < 4.78 is 0. The maximum absolute atomic E-state index is 9.78. The van der Waals surface area contributed by atoms with E-state index in [9.17, 15) is 5.11 Å². The molecule has 0 spiro atoms. The van der Waals surface area contributed by atoms with Crippen LogP contribution in [0.15, 0.2) is 0 Å². The molecule has 0 saturated carbocycles. The number of aliphatic hydroxyl groups excluding tert-OH is 1. The zero-order chi connectivity index (χ0) is 13.5. The Balaban J connectivity index is 3.27. The van der Waals surface area contributed by atoms with E-state index in [4.69, 9.17) is 0 Å². The van der Waals surface area contributed by atoms with E-state index in [2.05, 4.69) is 25.7 Å². The Bertz CT molecular complexity index is 211. The van der Waals surface area contributed by atoms with Gasteiger partial charge < -0.3 is 5.11 Å². The lowest BCUT2D eigenvalue weighted by Crippen LogP contribution is -2.05. The molecular formula is C17H32O. The van der Waals surface area contributed by atoms with Gasteiger partial charge in [0.25, 0.3) is 0 Å². The van der Waals surface area contributed by atoms with Crippen LogP contribution in [-0.2, 0) is 0 Å². The molecule has 18 heavy (non-hydrogen) atoms. The van der Waals surface area contributed by atoms with Crippen molar-refractivity contribution in [3.8, 4) is 11.8 Å². The zero-order valence-corrected chi connectivity index (χ0v) is 12.5. The maximum atomic E-state index is 9.78. The van der Waals surface area contributed by atoms with Gasteiger partial charge in [0.1, 0.15) is 0 Å². The molecule has 0 heterocycles. The molecule has 0 fully saturated rings. The van der Waals surface area contributed by atoms with Crippen molar-refractivity contribution in [2.45, 2.75) is 97.0 Å². The predicted molar refractivity (Wildman–Crippen MR) is 80.5 cm³/mol. The molecule has 0 aliphatic heterocycles. The minimum atomic E-state index is -0.128. The van der Waals surface area contributed by atoms with E-state index in [-0.39, 0.29) is 6.10 Å². The molecule has 0 saturated heterocycles. The van der Waals surface area contributed by atoms with Crippen LogP contribution in [0, 0.1) is 11.8 Å². The Labute approximate surface area is 114 Å². The van der Waals surface area contributed by atoms with Crippen molar-refractivity contribution < 1.29 is 5.11 Å². The largest absolute Gasteiger partial charge is 0.393 e. The van der Waals surface area contributed by atoms with E-state index in [1.165, 1.54) is 51.4 Å². The predicted octanol–water partition coefficient (Wildman–Crippen LogP) is 5.07. The second kappa shape index (κ2) is 14.6. The van der Waals surface area contributed by atoms with Crippen LogP contribution < -0.4 is 0 Å². The van der Waals surface area contributed by atoms with E-state index in [0.29, 0.717) is 0 Å². The summed E-state index contributed by atoms with van der Waals surface area (Å²) in [5.41, 5.74) is 0. The quantitative estimate of drug-likeness (QED) is 0.402. The summed E-state index contributed by atoms with van der Waals surface area (Å²) in [4.78, 5) is 0. The van der Waals surface area contributed by atoms with Gasteiger partial charge in [0.2, 0.25) is 0 Å². The highest BCUT2D eigenvalue weighted by Crippen LogP contribution is 2.10. The number of rotatable bonds is 11. The third kappa shape index (κ3) is 13.6. The van der Waals surface area contributed by atoms with Gasteiger partial charge in [0.15, 0.2) is 0 Å². The van der Waals surface area contributed by atoms with Gasteiger partial charge in [0.05, 0.1) is 6.10 Å². The Morgan fingerprint density at radius 2 is 1.33 bits per heavy atom. The second-order valence-electron chi connectivity index (χ2n) is 5.21. The first-order chi connectivity index (χ1) is 8.81. The Morgan fingerprint density at radius 3 is 2.06 bits per heavy atom. The molecule has 0 radical (unpaired) electrons. The van der Waals surface area contributed by atoms with Crippen LogP contribution in [0.25, 0.3) is 0 Å². The molecule has 0 aromatic carbocycles. The first-order valence-corrected chi connectivity index (χ1v) is 7.95. The van der Waals surface area contributed by atoms with Crippen LogP contribution in [0.2, 0.25) is 0 Å². The minimum absolute atomic E-state index is 0.128. The number of unbranched alkanes of at least 4 members (excludes halogenated alkanes) is 7. The lowest BCUT2D eigenvalue weighted by Gasteiger charge is -2.07. The Hall–Kier alpha value is -0.480. The van der Waals surface area contributed by atoms with Crippen molar-refractivity contribution in [3.05, 3.63) is 0 Å². The molecule has 106 valence electrons. The van der Waals surface area contributed by atoms with Crippen molar-refractivity contribution in [2.75, 3.05) is 0 Å². The smallest absolute Gasteiger partial charge is 0.0549 e. The van der Waals surface area contributed by atoms with Crippen LogP contribution in [0.1, 0.15) is 90.9 Å². The van der Waals surface area contributed by atoms with Gasteiger partial charge >= 0.3 is 0 Å². The molecule has 0 aromatic heterocycles. The summed E-state index contributed by atoms with van der Waals surface area (Å²) >= 11 is 0. The highest BCUT2D eigenvalue weighted by Gasteiger charge is 2.02. The fourth-order valence-electron chi connectivity index (χ4n) is 2.01.